The number of hydrogen-bond acceptors (Lipinski definition) is 2. The molecule has 6 heteroatoms. The van der Waals surface area contributed by atoms with Crippen LogP contribution in [0.5, 0.6) is 11.5 Å². The van der Waals surface area contributed by atoms with E-state index in [9.17, 15) is 0 Å². The van der Waals surface area contributed by atoms with Crippen LogP contribution in [0.2, 0.25) is 0 Å². The van der Waals surface area contributed by atoms with Gasteiger partial charge in [0.2, 0.25) is 0 Å². The molecule has 11 aromatic rings. The van der Waals surface area contributed by atoms with Gasteiger partial charge in [-0.15, -0.1) is 29.7 Å². The zero-order valence-electron chi connectivity index (χ0n) is 51.9. The van der Waals surface area contributed by atoms with Crippen LogP contribution in [0.3, 0.4) is 0 Å². The molecule has 84 heavy (non-hydrogen) atoms. The Bertz CT molecular complexity index is 4430. The van der Waals surface area contributed by atoms with Crippen molar-refractivity contribution in [1.29, 1.82) is 0 Å². The van der Waals surface area contributed by atoms with Crippen LogP contribution < -0.4 is 9.30 Å². The van der Waals surface area contributed by atoms with Crippen LogP contribution in [0.15, 0.2) is 158 Å². The first kappa shape index (κ1) is 57.1. The average molecular weight is 1280 g/mol. The van der Waals surface area contributed by atoms with Crippen molar-refractivity contribution in [2.24, 2.45) is 0 Å². The molecule has 4 heterocycles. The van der Waals surface area contributed by atoms with Crippen molar-refractivity contribution >= 4 is 32.8 Å². The van der Waals surface area contributed by atoms with Gasteiger partial charge in [-0.25, -0.2) is 4.98 Å². The molecular formula is C78H78N4OPt-2. The van der Waals surface area contributed by atoms with Gasteiger partial charge in [0.05, 0.1) is 16.7 Å². The number of rotatable bonds is 5. The van der Waals surface area contributed by atoms with Crippen LogP contribution >= 0.6 is 0 Å². The SMILES string of the molecule is CC(C)(C)c1cc(-c2cc3c4c(c2)n(-c2[c-]c(Oc5[c-]c6c(cc5)c5ccccc5n6-c5cc(C(C)(C)C)ccn5)ccc2)[c-][n+]4-c2c(cccc2C(C)(C)C)-c2cc4c(cc2-c2ccccc2-3)C(C)(C)CCC4(C)C)cc(C(C)(C)C)c1.[Pt]. The van der Waals surface area contributed by atoms with Crippen LogP contribution in [0, 0.1) is 18.5 Å². The monoisotopic (exact) mass is 1280 g/mol. The molecular weight excluding hydrogens is 1200 g/mol. The molecule has 5 nitrogen and oxygen atoms in total. The summed E-state index contributed by atoms with van der Waals surface area (Å²) in [6.45, 7) is 37.5. The summed E-state index contributed by atoms with van der Waals surface area (Å²) in [6.07, 6.45) is 8.30. The van der Waals surface area contributed by atoms with Gasteiger partial charge in [-0.3, -0.25) is 4.57 Å². The molecule has 0 N–H and O–H groups in total. The van der Waals surface area contributed by atoms with E-state index in [-0.39, 0.29) is 53.6 Å². The molecule has 1 aliphatic carbocycles. The fourth-order valence-corrected chi connectivity index (χ4v) is 13.1. The number of pyridine rings is 1. The fraction of sp³-hybridized carbons (Fsp3) is 0.308. The van der Waals surface area contributed by atoms with Gasteiger partial charge in [0.1, 0.15) is 5.82 Å². The average Bonchev–Trinajstić information content (AvgIpc) is 1.49. The van der Waals surface area contributed by atoms with E-state index >= 15 is 0 Å². The first-order valence-corrected chi connectivity index (χ1v) is 29.9. The van der Waals surface area contributed by atoms with Gasteiger partial charge in [-0.1, -0.05) is 207 Å². The van der Waals surface area contributed by atoms with E-state index in [2.05, 4.69) is 282 Å². The number of para-hydroxylation sites is 2. The molecule has 2 aliphatic rings. The molecule has 0 saturated heterocycles. The fourth-order valence-electron chi connectivity index (χ4n) is 13.1. The third-order valence-electron chi connectivity index (χ3n) is 18.2. The number of imidazole rings is 1. The quantitative estimate of drug-likeness (QED) is 0.127. The molecule has 13 rings (SSSR count). The number of fused-ring (bicyclic) bond motifs is 11. The van der Waals surface area contributed by atoms with E-state index in [1.807, 2.05) is 18.3 Å². The smallest absolute Gasteiger partial charge is 0.268 e. The minimum Gasteiger partial charge on any atom is -0.510 e. The maximum atomic E-state index is 6.94. The summed E-state index contributed by atoms with van der Waals surface area (Å²) >= 11 is 0. The van der Waals surface area contributed by atoms with Crippen LogP contribution in [0.4, 0.5) is 0 Å². The van der Waals surface area contributed by atoms with Crippen molar-refractivity contribution in [2.45, 2.75) is 156 Å². The standard InChI is InChI=1S/C78H78N4O.Pt/c1-73(2,3)50-33-36-79-70(42-50)82-67-30-20-19-27-58(67)59-32-31-55(44-68(59)82)83-54-24-21-23-53(43-54)80-47-81-71-60(28-22-29-64(71)76(10,11)12)62-46-66-65(77(13,14)34-35-78(66,15)16)45-61(62)56-25-17-18-26-57(56)63-39-49(40-69(80)72(63)81)48-37-51(74(4,5)6)41-52(38-48)75(7,8)9;/h17-33,36-42,45-46H,34-35H2,1-16H3;/q-2;. The summed E-state index contributed by atoms with van der Waals surface area (Å²) in [4.78, 5) is 4.94. The topological polar surface area (TPSA) is 35.9 Å². The zero-order valence-corrected chi connectivity index (χ0v) is 54.2. The second-order valence-electron chi connectivity index (χ2n) is 29.3. The van der Waals surface area contributed by atoms with Gasteiger partial charge in [0.15, 0.2) is 0 Å². The molecule has 0 fully saturated rings. The van der Waals surface area contributed by atoms with E-state index in [1.165, 1.54) is 66.8 Å². The molecule has 428 valence electrons. The summed E-state index contributed by atoms with van der Waals surface area (Å²) in [6, 6.07) is 64.2. The third kappa shape index (κ3) is 9.67. The van der Waals surface area contributed by atoms with Crippen molar-refractivity contribution in [2.75, 3.05) is 0 Å². The van der Waals surface area contributed by atoms with Gasteiger partial charge in [-0.2, -0.15) is 18.2 Å². The van der Waals surface area contributed by atoms with Crippen molar-refractivity contribution in [1.82, 2.24) is 14.1 Å². The molecule has 0 spiro atoms. The Balaban J connectivity index is 0.00000694. The summed E-state index contributed by atoms with van der Waals surface area (Å²) in [5, 5.41) is 2.22. The van der Waals surface area contributed by atoms with Crippen LogP contribution in [0.25, 0.3) is 94.5 Å². The Labute approximate surface area is 513 Å². The van der Waals surface area contributed by atoms with Gasteiger partial charge in [-0.05, 0) is 165 Å². The summed E-state index contributed by atoms with van der Waals surface area (Å²) in [5.41, 5.74) is 23.2. The van der Waals surface area contributed by atoms with E-state index < -0.39 is 0 Å². The third-order valence-corrected chi connectivity index (χ3v) is 18.2. The van der Waals surface area contributed by atoms with Crippen molar-refractivity contribution in [3.05, 3.63) is 210 Å². The Morgan fingerprint density at radius 2 is 1.07 bits per heavy atom. The van der Waals surface area contributed by atoms with E-state index in [0.717, 1.165) is 74.0 Å². The normalized spacial score (nSPS) is 14.7. The van der Waals surface area contributed by atoms with Crippen molar-refractivity contribution in [3.8, 4) is 73.2 Å². The van der Waals surface area contributed by atoms with E-state index in [4.69, 9.17) is 9.72 Å². The van der Waals surface area contributed by atoms with Gasteiger partial charge >= 0.3 is 0 Å². The largest absolute Gasteiger partial charge is 0.510 e. The molecule has 0 radical (unpaired) electrons. The number of benzene rings is 8. The minimum atomic E-state index is -0.233. The molecule has 0 atom stereocenters. The Morgan fingerprint density at radius 1 is 0.488 bits per heavy atom. The maximum Gasteiger partial charge on any atom is 0.268 e. The van der Waals surface area contributed by atoms with Crippen molar-refractivity contribution < 1.29 is 30.4 Å². The Kier molecular flexibility index (Phi) is 13.5. The van der Waals surface area contributed by atoms with E-state index in [1.54, 1.807) is 0 Å². The number of aromatic nitrogens is 4. The number of ether oxygens (including phenoxy) is 1. The summed E-state index contributed by atoms with van der Waals surface area (Å²) in [5.74, 6) is 2.01. The summed E-state index contributed by atoms with van der Waals surface area (Å²) < 4.78 is 13.8. The Morgan fingerprint density at radius 3 is 1.73 bits per heavy atom. The molecule has 1 aliphatic heterocycles. The second kappa shape index (κ2) is 19.9. The van der Waals surface area contributed by atoms with Crippen LogP contribution in [-0.2, 0) is 53.6 Å². The van der Waals surface area contributed by atoms with E-state index in [0.29, 0.717) is 11.5 Å². The van der Waals surface area contributed by atoms with Crippen molar-refractivity contribution in [3.63, 3.8) is 0 Å². The molecule has 0 bridgehead atoms. The number of nitrogens with zero attached hydrogens (tertiary/aromatic N) is 4. The molecule has 0 saturated carbocycles. The molecule has 3 aromatic heterocycles. The zero-order chi connectivity index (χ0) is 58.5. The predicted molar refractivity (Wildman–Crippen MR) is 345 cm³/mol. The predicted octanol–water partition coefficient (Wildman–Crippen LogP) is 20.1. The second-order valence-corrected chi connectivity index (χ2v) is 29.3. The molecule has 0 unspecified atom stereocenters. The van der Waals surface area contributed by atoms with Crippen LogP contribution in [-0.4, -0.2) is 14.1 Å². The molecule has 0 amide bonds. The minimum absolute atomic E-state index is 0. The number of hydrogen-bond donors (Lipinski definition) is 0. The first-order chi connectivity index (χ1) is 39.1. The maximum absolute atomic E-state index is 6.94. The summed E-state index contributed by atoms with van der Waals surface area (Å²) in [7, 11) is 0. The van der Waals surface area contributed by atoms with Crippen LogP contribution in [0.1, 0.15) is 157 Å². The first-order valence-electron chi connectivity index (χ1n) is 29.9. The van der Waals surface area contributed by atoms with Gasteiger partial charge in [0.25, 0.3) is 6.33 Å². The molecule has 8 aromatic carbocycles. The Hall–Kier alpha value is -7.33. The van der Waals surface area contributed by atoms with Gasteiger partial charge in [0, 0.05) is 44.3 Å². The van der Waals surface area contributed by atoms with Gasteiger partial charge < -0.3 is 13.9 Å².